The average molecular weight is 269 g/mol. The van der Waals surface area contributed by atoms with Crippen LogP contribution >= 0.6 is 11.6 Å². The number of urea groups is 1. The number of halogens is 1. The van der Waals surface area contributed by atoms with Gasteiger partial charge in [-0.2, -0.15) is 0 Å². The summed E-state index contributed by atoms with van der Waals surface area (Å²) in [4.78, 5) is 13.6. The van der Waals surface area contributed by atoms with Crippen molar-refractivity contribution in [2.45, 2.75) is 18.9 Å². The number of anilines is 1. The van der Waals surface area contributed by atoms with Gasteiger partial charge in [0.15, 0.2) is 0 Å². The second-order valence-corrected chi connectivity index (χ2v) is 4.89. The van der Waals surface area contributed by atoms with Gasteiger partial charge in [-0.25, -0.2) is 4.79 Å². The average Bonchev–Trinajstić information content (AvgIpc) is 2.85. The quantitative estimate of drug-likeness (QED) is 0.916. The maximum Gasteiger partial charge on any atom is 0.321 e. The third kappa shape index (κ3) is 3.62. The summed E-state index contributed by atoms with van der Waals surface area (Å²) >= 11 is 5.78. The Morgan fingerprint density at radius 2 is 2.22 bits per heavy atom. The SMILES string of the molecule is CN(CC1CCCO1)C(=O)Nc1ccc(Cl)cc1. The van der Waals surface area contributed by atoms with Crippen molar-refractivity contribution < 1.29 is 9.53 Å². The van der Waals surface area contributed by atoms with Gasteiger partial charge >= 0.3 is 6.03 Å². The molecule has 0 saturated carbocycles. The second-order valence-electron chi connectivity index (χ2n) is 4.45. The van der Waals surface area contributed by atoms with Crippen molar-refractivity contribution in [3.05, 3.63) is 29.3 Å². The zero-order valence-corrected chi connectivity index (χ0v) is 11.1. The van der Waals surface area contributed by atoms with E-state index in [1.807, 2.05) is 0 Å². The molecule has 1 aliphatic rings. The van der Waals surface area contributed by atoms with Crippen molar-refractivity contribution in [1.29, 1.82) is 0 Å². The normalized spacial score (nSPS) is 18.7. The van der Waals surface area contributed by atoms with Gasteiger partial charge in [0.25, 0.3) is 0 Å². The molecule has 2 amide bonds. The van der Waals surface area contributed by atoms with Crippen LogP contribution in [0.15, 0.2) is 24.3 Å². The largest absolute Gasteiger partial charge is 0.376 e. The molecule has 18 heavy (non-hydrogen) atoms. The van der Waals surface area contributed by atoms with Crippen LogP contribution in [0.3, 0.4) is 0 Å². The van der Waals surface area contributed by atoms with Crippen LogP contribution in [-0.2, 0) is 4.74 Å². The van der Waals surface area contributed by atoms with Crippen LogP contribution in [0.1, 0.15) is 12.8 Å². The first-order valence-corrected chi connectivity index (χ1v) is 6.42. The fourth-order valence-electron chi connectivity index (χ4n) is 1.93. The molecule has 0 radical (unpaired) electrons. The Morgan fingerprint density at radius 3 is 2.83 bits per heavy atom. The zero-order valence-electron chi connectivity index (χ0n) is 10.4. The first-order valence-electron chi connectivity index (χ1n) is 6.04. The lowest BCUT2D eigenvalue weighted by Gasteiger charge is -2.21. The molecular formula is C13H17ClN2O2. The molecule has 1 N–H and O–H groups in total. The standard InChI is InChI=1S/C13H17ClN2O2/c1-16(9-12-3-2-8-18-12)13(17)15-11-6-4-10(14)5-7-11/h4-7,12H,2-3,8-9H2,1H3,(H,15,17). The summed E-state index contributed by atoms with van der Waals surface area (Å²) < 4.78 is 5.50. The number of rotatable bonds is 3. The van der Waals surface area contributed by atoms with E-state index in [0.29, 0.717) is 11.6 Å². The highest BCUT2D eigenvalue weighted by Crippen LogP contribution is 2.15. The van der Waals surface area contributed by atoms with Crippen molar-refractivity contribution >= 4 is 23.3 Å². The smallest absolute Gasteiger partial charge is 0.321 e. The minimum Gasteiger partial charge on any atom is -0.376 e. The molecule has 4 nitrogen and oxygen atoms in total. The molecule has 1 saturated heterocycles. The lowest BCUT2D eigenvalue weighted by molar-refractivity contribution is 0.0894. The van der Waals surface area contributed by atoms with E-state index < -0.39 is 0 Å². The molecule has 2 rings (SSSR count). The van der Waals surface area contributed by atoms with Crippen LogP contribution in [0.5, 0.6) is 0 Å². The van der Waals surface area contributed by atoms with Gasteiger partial charge in [-0.1, -0.05) is 11.6 Å². The third-order valence-corrected chi connectivity index (χ3v) is 3.20. The Hall–Kier alpha value is -1.26. The van der Waals surface area contributed by atoms with E-state index in [4.69, 9.17) is 16.3 Å². The van der Waals surface area contributed by atoms with Gasteiger partial charge in [0.2, 0.25) is 0 Å². The molecule has 1 aliphatic heterocycles. The van der Waals surface area contributed by atoms with Gasteiger partial charge in [-0.3, -0.25) is 0 Å². The fourth-order valence-corrected chi connectivity index (χ4v) is 2.05. The lowest BCUT2D eigenvalue weighted by Crippen LogP contribution is -2.37. The molecule has 1 aromatic rings. The van der Waals surface area contributed by atoms with Gasteiger partial charge < -0.3 is 15.0 Å². The summed E-state index contributed by atoms with van der Waals surface area (Å²) in [5.41, 5.74) is 0.739. The minimum atomic E-state index is -0.132. The summed E-state index contributed by atoms with van der Waals surface area (Å²) in [6, 6.07) is 6.92. The number of nitrogens with one attached hydrogen (secondary N) is 1. The molecular weight excluding hydrogens is 252 g/mol. The summed E-state index contributed by atoms with van der Waals surface area (Å²) in [7, 11) is 1.77. The molecule has 5 heteroatoms. The van der Waals surface area contributed by atoms with Crippen LogP contribution < -0.4 is 5.32 Å². The van der Waals surface area contributed by atoms with Gasteiger partial charge in [0.1, 0.15) is 0 Å². The summed E-state index contributed by atoms with van der Waals surface area (Å²) in [5, 5.41) is 3.47. The van der Waals surface area contributed by atoms with Gasteiger partial charge in [0, 0.05) is 30.9 Å². The molecule has 1 unspecified atom stereocenters. The highest BCUT2D eigenvalue weighted by Gasteiger charge is 2.19. The van der Waals surface area contributed by atoms with Crippen LogP contribution in [0.25, 0.3) is 0 Å². The van der Waals surface area contributed by atoms with Gasteiger partial charge in [-0.05, 0) is 37.1 Å². The van der Waals surface area contributed by atoms with E-state index in [0.717, 1.165) is 25.1 Å². The van der Waals surface area contributed by atoms with Crippen molar-refractivity contribution in [2.24, 2.45) is 0 Å². The van der Waals surface area contributed by atoms with Crippen molar-refractivity contribution in [2.75, 3.05) is 25.5 Å². The zero-order chi connectivity index (χ0) is 13.0. The topological polar surface area (TPSA) is 41.6 Å². The molecule has 1 fully saturated rings. The molecule has 1 heterocycles. The number of hydrogen-bond donors (Lipinski definition) is 1. The number of amides is 2. The van der Waals surface area contributed by atoms with Crippen molar-refractivity contribution in [3.8, 4) is 0 Å². The third-order valence-electron chi connectivity index (χ3n) is 2.94. The van der Waals surface area contributed by atoms with E-state index in [-0.39, 0.29) is 12.1 Å². The fraction of sp³-hybridized carbons (Fsp3) is 0.462. The number of ether oxygens (including phenoxy) is 1. The highest BCUT2D eigenvalue weighted by atomic mass is 35.5. The molecule has 1 aromatic carbocycles. The van der Waals surface area contributed by atoms with Crippen LogP contribution in [0, 0.1) is 0 Å². The summed E-state index contributed by atoms with van der Waals surface area (Å²) in [6.07, 6.45) is 2.28. The number of carbonyl (C=O) groups excluding carboxylic acids is 1. The van der Waals surface area contributed by atoms with Crippen molar-refractivity contribution in [1.82, 2.24) is 4.90 Å². The Labute approximate surface area is 112 Å². The predicted molar refractivity (Wildman–Crippen MR) is 72.1 cm³/mol. The molecule has 1 atom stereocenters. The Morgan fingerprint density at radius 1 is 1.50 bits per heavy atom. The maximum absolute atomic E-state index is 11.9. The number of hydrogen-bond acceptors (Lipinski definition) is 2. The lowest BCUT2D eigenvalue weighted by atomic mass is 10.2. The van der Waals surface area contributed by atoms with Gasteiger partial charge in [0.05, 0.1) is 6.10 Å². The molecule has 0 aliphatic carbocycles. The van der Waals surface area contributed by atoms with Crippen LogP contribution in [-0.4, -0.2) is 37.2 Å². The number of benzene rings is 1. The number of nitrogens with zero attached hydrogens (tertiary/aromatic N) is 1. The monoisotopic (exact) mass is 268 g/mol. The minimum absolute atomic E-state index is 0.132. The maximum atomic E-state index is 11.9. The second kappa shape index (κ2) is 6.07. The van der Waals surface area contributed by atoms with E-state index in [1.165, 1.54) is 0 Å². The van der Waals surface area contributed by atoms with Gasteiger partial charge in [-0.15, -0.1) is 0 Å². The Balaban J connectivity index is 1.84. The molecule has 0 spiro atoms. The van der Waals surface area contributed by atoms with Crippen LogP contribution in [0.4, 0.5) is 10.5 Å². The summed E-state index contributed by atoms with van der Waals surface area (Å²) in [5.74, 6) is 0. The van der Waals surface area contributed by atoms with E-state index in [2.05, 4.69) is 5.32 Å². The number of likely N-dealkylation sites (N-methyl/N-ethyl adjacent to an activating group) is 1. The Bertz CT molecular complexity index is 402. The molecule has 98 valence electrons. The summed E-state index contributed by atoms with van der Waals surface area (Å²) in [6.45, 7) is 1.43. The number of carbonyl (C=O) groups is 1. The van der Waals surface area contributed by atoms with E-state index in [1.54, 1.807) is 36.2 Å². The van der Waals surface area contributed by atoms with E-state index in [9.17, 15) is 4.79 Å². The molecule has 0 bridgehead atoms. The first kappa shape index (κ1) is 13.2. The van der Waals surface area contributed by atoms with Crippen molar-refractivity contribution in [3.63, 3.8) is 0 Å². The molecule has 0 aromatic heterocycles. The Kier molecular flexibility index (Phi) is 4.44. The first-order chi connectivity index (χ1) is 8.65. The van der Waals surface area contributed by atoms with E-state index >= 15 is 0 Å². The predicted octanol–water partition coefficient (Wildman–Crippen LogP) is 2.98. The highest BCUT2D eigenvalue weighted by molar-refractivity contribution is 6.30. The van der Waals surface area contributed by atoms with Crippen LogP contribution in [0.2, 0.25) is 5.02 Å².